The topological polar surface area (TPSA) is 0 Å². The van der Waals surface area contributed by atoms with Gasteiger partial charge in [-0.3, -0.25) is 0 Å². The Labute approximate surface area is 122 Å². The molecule has 0 amide bonds. The fourth-order valence-corrected chi connectivity index (χ4v) is 2.04. The van der Waals surface area contributed by atoms with Crippen LogP contribution in [0.15, 0.2) is 18.2 Å². The first-order chi connectivity index (χ1) is 8.51. The molecule has 1 aromatic carbocycles. The second-order valence-corrected chi connectivity index (χ2v) is 5.08. The average Bonchev–Trinajstić information content (AvgIpc) is 2.37. The molecule has 0 bridgehead atoms. The largest absolute Gasteiger partial charge is 0.119 e. The van der Waals surface area contributed by atoms with Gasteiger partial charge in [-0.2, -0.15) is 0 Å². The highest BCUT2D eigenvalue weighted by Crippen LogP contribution is 2.34. The van der Waals surface area contributed by atoms with Gasteiger partial charge in [-0.05, 0) is 30.5 Å². The highest BCUT2D eigenvalue weighted by Gasteiger charge is 2.26. The highest BCUT2D eigenvalue weighted by molar-refractivity contribution is 6.42. The van der Waals surface area contributed by atoms with Crippen LogP contribution in [0.5, 0.6) is 0 Å². The molecule has 0 aromatic heterocycles. The van der Waals surface area contributed by atoms with Crippen LogP contribution in [0.25, 0.3) is 0 Å². The maximum atomic E-state index is 5.99. The molecular formula is C16H22Cl2. The first-order valence-corrected chi connectivity index (χ1v) is 7.20. The van der Waals surface area contributed by atoms with Gasteiger partial charge < -0.3 is 0 Å². The summed E-state index contributed by atoms with van der Waals surface area (Å²) in [4.78, 5) is 0. The van der Waals surface area contributed by atoms with E-state index >= 15 is 0 Å². The number of halogens is 2. The Bertz CT molecular complexity index is 398. The molecule has 0 aliphatic heterocycles. The van der Waals surface area contributed by atoms with Crippen molar-refractivity contribution in [3.05, 3.63) is 33.8 Å². The minimum absolute atomic E-state index is 0.214. The van der Waals surface area contributed by atoms with Gasteiger partial charge in [0.1, 0.15) is 0 Å². The molecular weight excluding hydrogens is 263 g/mol. The van der Waals surface area contributed by atoms with Crippen molar-refractivity contribution in [1.82, 2.24) is 0 Å². The predicted octanol–water partition coefficient (Wildman–Crippen LogP) is 6.10. The molecule has 0 N–H and O–H groups in total. The summed E-state index contributed by atoms with van der Waals surface area (Å²) in [6.07, 6.45) is 8.67. The molecule has 0 saturated carbocycles. The van der Waals surface area contributed by atoms with E-state index in [1.54, 1.807) is 6.07 Å². The first-order valence-electron chi connectivity index (χ1n) is 6.44. The Kier molecular flexibility index (Phi) is 8.16. The molecule has 0 aliphatic rings. The summed E-state index contributed by atoms with van der Waals surface area (Å²) in [5.41, 5.74) is 0.859. The van der Waals surface area contributed by atoms with Crippen LogP contribution in [-0.2, 0) is 5.41 Å². The molecule has 0 radical (unpaired) electrons. The van der Waals surface area contributed by atoms with Gasteiger partial charge >= 0.3 is 0 Å². The third-order valence-corrected chi connectivity index (χ3v) is 3.69. The molecule has 0 unspecified atom stereocenters. The summed E-state index contributed by atoms with van der Waals surface area (Å²) in [7, 11) is 0. The first kappa shape index (κ1) is 17.4. The monoisotopic (exact) mass is 284 g/mol. The third kappa shape index (κ3) is 4.23. The van der Waals surface area contributed by atoms with Crippen molar-refractivity contribution in [2.24, 2.45) is 0 Å². The lowest BCUT2D eigenvalue weighted by Gasteiger charge is -2.26. The van der Waals surface area contributed by atoms with Gasteiger partial charge in [-0.1, -0.05) is 69.3 Å². The van der Waals surface area contributed by atoms with Gasteiger partial charge in [0, 0.05) is 0 Å². The van der Waals surface area contributed by atoms with Gasteiger partial charge in [-0.15, -0.1) is 6.42 Å². The Balaban J connectivity index is 0.000000873. The number of terminal acetylenes is 1. The van der Waals surface area contributed by atoms with E-state index in [-0.39, 0.29) is 5.41 Å². The third-order valence-electron chi connectivity index (χ3n) is 2.96. The minimum atomic E-state index is -0.214. The van der Waals surface area contributed by atoms with E-state index in [9.17, 15) is 0 Å². The van der Waals surface area contributed by atoms with Crippen LogP contribution < -0.4 is 0 Å². The van der Waals surface area contributed by atoms with E-state index in [2.05, 4.69) is 33.6 Å². The molecule has 1 aromatic rings. The number of benzene rings is 1. The number of rotatable bonds is 3. The van der Waals surface area contributed by atoms with Crippen LogP contribution in [0.2, 0.25) is 10.0 Å². The summed E-state index contributed by atoms with van der Waals surface area (Å²) in [5.74, 6) is 2.88. The van der Waals surface area contributed by atoms with Crippen LogP contribution in [0.3, 0.4) is 0 Å². The molecule has 0 spiro atoms. The molecule has 2 heteroatoms. The van der Waals surface area contributed by atoms with Crippen molar-refractivity contribution in [3.63, 3.8) is 0 Å². The maximum absolute atomic E-state index is 5.99. The number of hydrogen-bond donors (Lipinski definition) is 0. The SMILES string of the molecule is C#CC(CC)(CC)c1ccc(Cl)c(Cl)c1.CCC. The van der Waals surface area contributed by atoms with E-state index < -0.39 is 0 Å². The standard InChI is InChI=1S/C13H14Cl2.C3H8/c1-4-13(5-2,6-3)10-7-8-11(14)12(15)9-10;1-3-2/h1,7-9H,5-6H2,2-3H3;3H2,1-2H3. The van der Waals surface area contributed by atoms with E-state index in [1.807, 2.05) is 12.1 Å². The van der Waals surface area contributed by atoms with Crippen molar-refractivity contribution in [3.8, 4) is 12.3 Å². The predicted molar refractivity (Wildman–Crippen MR) is 83.5 cm³/mol. The van der Waals surface area contributed by atoms with Gasteiger partial charge in [-0.25, -0.2) is 0 Å². The fraction of sp³-hybridized carbons (Fsp3) is 0.500. The summed E-state index contributed by atoms with van der Waals surface area (Å²) < 4.78 is 0. The molecule has 0 heterocycles. The lowest BCUT2D eigenvalue weighted by Crippen LogP contribution is -2.21. The summed E-state index contributed by atoms with van der Waals surface area (Å²) in [6.45, 7) is 8.43. The van der Waals surface area contributed by atoms with Crippen LogP contribution in [0.4, 0.5) is 0 Å². The van der Waals surface area contributed by atoms with E-state index in [4.69, 9.17) is 29.6 Å². The van der Waals surface area contributed by atoms with Crippen LogP contribution in [0.1, 0.15) is 52.5 Å². The second kappa shape index (κ2) is 8.46. The zero-order valence-electron chi connectivity index (χ0n) is 11.7. The summed E-state index contributed by atoms with van der Waals surface area (Å²) >= 11 is 11.9. The fourth-order valence-electron chi connectivity index (χ4n) is 1.74. The number of hydrogen-bond acceptors (Lipinski definition) is 0. The Morgan fingerprint density at radius 1 is 1.06 bits per heavy atom. The van der Waals surface area contributed by atoms with Gasteiger partial charge in [0.15, 0.2) is 0 Å². The summed E-state index contributed by atoms with van der Waals surface area (Å²) in [6, 6.07) is 5.63. The van der Waals surface area contributed by atoms with Crippen LogP contribution in [-0.4, -0.2) is 0 Å². The van der Waals surface area contributed by atoms with E-state index in [0.29, 0.717) is 10.0 Å². The van der Waals surface area contributed by atoms with Crippen molar-refractivity contribution in [2.75, 3.05) is 0 Å². The van der Waals surface area contributed by atoms with E-state index in [0.717, 1.165) is 18.4 Å². The smallest absolute Gasteiger partial charge is 0.0595 e. The van der Waals surface area contributed by atoms with Gasteiger partial charge in [0.05, 0.1) is 15.5 Å². The van der Waals surface area contributed by atoms with Crippen molar-refractivity contribution in [1.29, 1.82) is 0 Å². The molecule has 100 valence electrons. The van der Waals surface area contributed by atoms with Crippen LogP contribution >= 0.6 is 23.2 Å². The minimum Gasteiger partial charge on any atom is -0.119 e. The van der Waals surface area contributed by atoms with Crippen molar-refractivity contribution >= 4 is 23.2 Å². The van der Waals surface area contributed by atoms with Gasteiger partial charge in [0.2, 0.25) is 0 Å². The van der Waals surface area contributed by atoms with Crippen LogP contribution in [0, 0.1) is 12.3 Å². The lowest BCUT2D eigenvalue weighted by atomic mass is 9.77. The van der Waals surface area contributed by atoms with Crippen molar-refractivity contribution < 1.29 is 0 Å². The normalized spacial score (nSPS) is 10.3. The Morgan fingerprint density at radius 3 is 1.89 bits per heavy atom. The maximum Gasteiger partial charge on any atom is 0.0595 e. The molecule has 0 fully saturated rings. The zero-order chi connectivity index (χ0) is 14.2. The molecule has 0 nitrogen and oxygen atoms in total. The quantitative estimate of drug-likeness (QED) is 0.588. The van der Waals surface area contributed by atoms with Crippen molar-refractivity contribution in [2.45, 2.75) is 52.4 Å². The molecule has 1 rings (SSSR count). The lowest BCUT2D eigenvalue weighted by molar-refractivity contribution is 0.518. The van der Waals surface area contributed by atoms with Gasteiger partial charge in [0.25, 0.3) is 0 Å². The molecule has 0 aliphatic carbocycles. The second-order valence-electron chi connectivity index (χ2n) is 4.27. The summed E-state index contributed by atoms with van der Waals surface area (Å²) in [5, 5.41) is 1.13. The molecule has 0 atom stereocenters. The Hall–Kier alpha value is -0.640. The highest BCUT2D eigenvalue weighted by atomic mass is 35.5. The average molecular weight is 285 g/mol. The zero-order valence-corrected chi connectivity index (χ0v) is 13.2. The Morgan fingerprint density at radius 2 is 1.56 bits per heavy atom. The van der Waals surface area contributed by atoms with E-state index in [1.165, 1.54) is 6.42 Å². The molecule has 0 saturated heterocycles. The molecule has 18 heavy (non-hydrogen) atoms.